The Morgan fingerprint density at radius 2 is 1.64 bits per heavy atom. The molecule has 1 aromatic heterocycles. The molecule has 39 heavy (non-hydrogen) atoms. The fraction of sp³-hybridized carbons (Fsp3) is 0.258. The Bertz CT molecular complexity index is 1530. The van der Waals surface area contributed by atoms with Gasteiger partial charge >= 0.3 is 0 Å². The number of nitrogens with zero attached hydrogens (tertiary/aromatic N) is 3. The van der Waals surface area contributed by atoms with Crippen LogP contribution in [0, 0.1) is 0 Å². The fourth-order valence-electron chi connectivity index (χ4n) is 4.72. The van der Waals surface area contributed by atoms with Gasteiger partial charge in [-0.3, -0.25) is 4.79 Å². The average molecular weight is 524 g/mol. The summed E-state index contributed by atoms with van der Waals surface area (Å²) in [4.78, 5) is 18.6. The highest BCUT2D eigenvalue weighted by atomic mass is 16.5. The fourth-order valence-corrected chi connectivity index (χ4v) is 4.72. The molecule has 0 saturated heterocycles. The molecule has 0 spiro atoms. The maximum absolute atomic E-state index is 13.8. The number of carbonyl (C=O) groups excluding carboxylic acids is 1. The third-order valence-electron chi connectivity index (χ3n) is 6.89. The largest absolute Gasteiger partial charge is 0.497 e. The summed E-state index contributed by atoms with van der Waals surface area (Å²) < 4.78 is 12.6. The molecule has 8 heteroatoms. The number of methoxy groups -OCH3 is 2. The van der Waals surface area contributed by atoms with Crippen molar-refractivity contribution in [1.29, 1.82) is 0 Å². The smallest absolute Gasteiger partial charge is 0.255 e. The molecule has 0 fully saturated rings. The molecule has 8 nitrogen and oxygen atoms in total. The number of hydrogen-bond acceptors (Lipinski definition) is 6. The molecule has 1 aliphatic heterocycles. The van der Waals surface area contributed by atoms with Gasteiger partial charge in [-0.2, -0.15) is 4.98 Å². The number of allylic oxidation sites excluding steroid dienone is 1. The van der Waals surface area contributed by atoms with Gasteiger partial charge in [0.1, 0.15) is 17.5 Å². The zero-order chi connectivity index (χ0) is 27.7. The second-order valence-corrected chi connectivity index (χ2v) is 10.5. The Labute approximate surface area is 228 Å². The summed E-state index contributed by atoms with van der Waals surface area (Å²) in [5, 5.41) is 11.2. The minimum Gasteiger partial charge on any atom is -0.497 e. The highest BCUT2D eigenvalue weighted by Gasteiger charge is 2.35. The summed E-state index contributed by atoms with van der Waals surface area (Å²) in [7, 11) is 3.21. The number of para-hydroxylation sites is 2. The van der Waals surface area contributed by atoms with Gasteiger partial charge in [0, 0.05) is 11.3 Å². The summed E-state index contributed by atoms with van der Waals surface area (Å²) >= 11 is 0. The van der Waals surface area contributed by atoms with E-state index in [-0.39, 0.29) is 11.3 Å². The topological polar surface area (TPSA) is 90.3 Å². The van der Waals surface area contributed by atoms with E-state index >= 15 is 0 Å². The molecule has 0 saturated carbocycles. The van der Waals surface area contributed by atoms with Gasteiger partial charge in [-0.1, -0.05) is 69.3 Å². The summed E-state index contributed by atoms with van der Waals surface area (Å²) in [6.07, 6.45) is 0. The highest BCUT2D eigenvalue weighted by molar-refractivity contribution is 6.06. The predicted molar refractivity (Wildman–Crippen MR) is 153 cm³/mol. The number of fused-ring (bicyclic) bond motifs is 1. The normalized spacial score (nSPS) is 14.9. The van der Waals surface area contributed by atoms with Crippen LogP contribution in [0.3, 0.4) is 0 Å². The Morgan fingerprint density at radius 1 is 0.949 bits per heavy atom. The van der Waals surface area contributed by atoms with Crippen LogP contribution in [0.15, 0.2) is 84.1 Å². The molecule has 2 N–H and O–H groups in total. The number of carbonyl (C=O) groups is 1. The Kier molecular flexibility index (Phi) is 6.87. The van der Waals surface area contributed by atoms with E-state index in [0.717, 1.165) is 16.9 Å². The molecule has 0 aliphatic carbocycles. The van der Waals surface area contributed by atoms with E-state index < -0.39 is 6.04 Å². The van der Waals surface area contributed by atoms with E-state index in [1.54, 1.807) is 18.9 Å². The maximum Gasteiger partial charge on any atom is 0.255 e. The molecule has 1 atom stereocenters. The molecule has 5 rings (SSSR count). The third-order valence-corrected chi connectivity index (χ3v) is 6.89. The van der Waals surface area contributed by atoms with E-state index in [1.807, 2.05) is 67.6 Å². The second kappa shape index (κ2) is 10.3. The summed E-state index contributed by atoms with van der Waals surface area (Å²) in [5.74, 6) is 2.19. The van der Waals surface area contributed by atoms with Gasteiger partial charge in [0.25, 0.3) is 5.91 Å². The van der Waals surface area contributed by atoms with Gasteiger partial charge in [-0.05, 0) is 47.7 Å². The first-order valence-corrected chi connectivity index (χ1v) is 12.8. The van der Waals surface area contributed by atoms with Crippen molar-refractivity contribution in [2.45, 2.75) is 39.2 Å². The van der Waals surface area contributed by atoms with Gasteiger partial charge < -0.3 is 20.1 Å². The van der Waals surface area contributed by atoms with Crippen molar-refractivity contribution in [3.05, 3.63) is 95.2 Å². The second-order valence-electron chi connectivity index (χ2n) is 10.5. The van der Waals surface area contributed by atoms with E-state index in [0.29, 0.717) is 34.5 Å². The number of rotatable bonds is 6. The van der Waals surface area contributed by atoms with Crippen molar-refractivity contribution in [2.75, 3.05) is 24.9 Å². The van der Waals surface area contributed by atoms with Crippen molar-refractivity contribution in [3.8, 4) is 22.9 Å². The summed E-state index contributed by atoms with van der Waals surface area (Å²) in [5.41, 5.74) is 4.86. The average Bonchev–Trinajstić information content (AvgIpc) is 3.36. The zero-order valence-electron chi connectivity index (χ0n) is 23.1. The summed E-state index contributed by atoms with van der Waals surface area (Å²) in [6.45, 7) is 8.44. The van der Waals surface area contributed by atoms with Crippen molar-refractivity contribution >= 4 is 17.5 Å². The Hall–Kier alpha value is -4.59. The third kappa shape index (κ3) is 5.10. The van der Waals surface area contributed by atoms with Crippen LogP contribution in [0.2, 0.25) is 0 Å². The van der Waals surface area contributed by atoms with Gasteiger partial charge in [0.15, 0.2) is 5.82 Å². The van der Waals surface area contributed by atoms with Crippen molar-refractivity contribution in [1.82, 2.24) is 14.8 Å². The number of hydrogen-bond donors (Lipinski definition) is 2. The molecule has 200 valence electrons. The molecule has 1 aliphatic rings. The standard InChI is InChI=1S/C31H33N5O3/c1-19-26(29(37)33-24-9-7-8-10-25(24)39-6)27(20-13-17-23(38-5)18-14-20)36-30(32-19)34-28(35-36)21-11-15-22(16-12-21)31(2,3)4/h7-18,27H,1-6H3,(H,33,37)(H,32,34,35). The molecule has 3 aromatic carbocycles. The Balaban J connectivity index is 1.57. The first kappa shape index (κ1) is 26.0. The monoisotopic (exact) mass is 523 g/mol. The number of nitrogens with one attached hydrogen (secondary N) is 2. The molecule has 1 unspecified atom stereocenters. The van der Waals surface area contributed by atoms with Gasteiger partial charge in [-0.15, -0.1) is 5.10 Å². The van der Waals surface area contributed by atoms with E-state index in [4.69, 9.17) is 19.6 Å². The molecular weight excluding hydrogens is 490 g/mol. The highest BCUT2D eigenvalue weighted by Crippen LogP contribution is 2.38. The van der Waals surface area contributed by atoms with Crippen molar-refractivity contribution in [2.24, 2.45) is 0 Å². The SMILES string of the molecule is COc1ccc(C2C(C(=O)Nc3ccccc3OC)=C(C)Nc3nc(-c4ccc(C(C)(C)C)cc4)nn32)cc1. The van der Waals surface area contributed by atoms with Crippen LogP contribution in [0.4, 0.5) is 11.6 Å². The van der Waals surface area contributed by atoms with Crippen LogP contribution in [-0.2, 0) is 10.2 Å². The number of anilines is 2. The molecule has 4 aromatic rings. The Morgan fingerprint density at radius 3 is 2.28 bits per heavy atom. The van der Waals surface area contributed by atoms with Crippen LogP contribution in [0.5, 0.6) is 11.5 Å². The van der Waals surface area contributed by atoms with E-state index in [1.165, 1.54) is 5.56 Å². The number of amides is 1. The minimum atomic E-state index is -0.517. The first-order valence-electron chi connectivity index (χ1n) is 12.8. The first-order chi connectivity index (χ1) is 18.7. The van der Waals surface area contributed by atoms with Gasteiger partial charge in [0.05, 0.1) is 25.5 Å². The van der Waals surface area contributed by atoms with Crippen LogP contribution in [0.1, 0.15) is 44.9 Å². The van der Waals surface area contributed by atoms with Gasteiger partial charge in [-0.25, -0.2) is 4.68 Å². The number of ether oxygens (including phenoxy) is 2. The molecular formula is C31H33N5O3. The minimum absolute atomic E-state index is 0.0468. The lowest BCUT2D eigenvalue weighted by atomic mass is 9.87. The predicted octanol–water partition coefficient (Wildman–Crippen LogP) is 6.19. The molecule has 2 heterocycles. The summed E-state index contributed by atoms with van der Waals surface area (Å²) in [6, 6.07) is 22.8. The van der Waals surface area contributed by atoms with E-state index in [2.05, 4.69) is 43.5 Å². The lowest BCUT2D eigenvalue weighted by molar-refractivity contribution is -0.113. The number of benzene rings is 3. The van der Waals surface area contributed by atoms with E-state index in [9.17, 15) is 4.79 Å². The molecule has 0 radical (unpaired) electrons. The van der Waals surface area contributed by atoms with Crippen molar-refractivity contribution < 1.29 is 14.3 Å². The maximum atomic E-state index is 13.8. The molecule has 0 bridgehead atoms. The van der Waals surface area contributed by atoms with Crippen LogP contribution in [-0.4, -0.2) is 34.9 Å². The lowest BCUT2D eigenvalue weighted by Crippen LogP contribution is -2.31. The van der Waals surface area contributed by atoms with Crippen LogP contribution in [0.25, 0.3) is 11.4 Å². The van der Waals surface area contributed by atoms with Crippen LogP contribution < -0.4 is 20.1 Å². The zero-order valence-corrected chi connectivity index (χ0v) is 23.1. The lowest BCUT2D eigenvalue weighted by Gasteiger charge is -2.29. The van der Waals surface area contributed by atoms with Gasteiger partial charge in [0.2, 0.25) is 5.95 Å². The van der Waals surface area contributed by atoms with Crippen LogP contribution >= 0.6 is 0 Å². The number of aromatic nitrogens is 3. The molecule has 1 amide bonds. The van der Waals surface area contributed by atoms with Crippen molar-refractivity contribution in [3.63, 3.8) is 0 Å². The quantitative estimate of drug-likeness (QED) is 0.313.